The molecular formula is C19H20FNO3S. The average Bonchev–Trinajstić information content (AvgIpc) is 2.61. The second-order valence-electron chi connectivity index (χ2n) is 5.48. The van der Waals surface area contributed by atoms with Gasteiger partial charge in [-0.1, -0.05) is 29.8 Å². The molecule has 2 rings (SSSR count). The molecular weight excluding hydrogens is 341 g/mol. The molecule has 6 heteroatoms. The molecule has 132 valence electrons. The van der Waals surface area contributed by atoms with E-state index in [1.54, 1.807) is 23.9 Å². The van der Waals surface area contributed by atoms with Gasteiger partial charge in [-0.3, -0.25) is 9.59 Å². The predicted octanol–water partition coefficient (Wildman–Crippen LogP) is 3.48. The van der Waals surface area contributed by atoms with Gasteiger partial charge in [0.1, 0.15) is 5.82 Å². The quantitative estimate of drug-likeness (QED) is 0.578. The Hall–Kier alpha value is -2.34. The summed E-state index contributed by atoms with van der Waals surface area (Å²) in [5.74, 6) is -0.521. The van der Waals surface area contributed by atoms with Crippen LogP contribution in [0, 0.1) is 12.7 Å². The number of amides is 1. The van der Waals surface area contributed by atoms with Crippen molar-refractivity contribution in [2.75, 3.05) is 12.4 Å². The van der Waals surface area contributed by atoms with Crippen molar-refractivity contribution in [1.29, 1.82) is 0 Å². The first kappa shape index (κ1) is 19.0. The van der Waals surface area contributed by atoms with E-state index in [2.05, 4.69) is 5.32 Å². The minimum atomic E-state index is -0.406. The number of hydrogen-bond donors (Lipinski definition) is 1. The van der Waals surface area contributed by atoms with Crippen LogP contribution >= 0.6 is 11.8 Å². The molecule has 2 aromatic carbocycles. The van der Waals surface area contributed by atoms with Gasteiger partial charge in [-0.15, -0.1) is 11.8 Å². The fraction of sp³-hybridized carbons (Fsp3) is 0.263. The molecule has 0 aliphatic rings. The SMILES string of the molecule is Cc1ccc(SCCC(=O)OCC(=O)NCc2ccc(F)cc2)cc1. The van der Waals surface area contributed by atoms with Gasteiger partial charge >= 0.3 is 5.97 Å². The third-order valence-electron chi connectivity index (χ3n) is 3.36. The highest BCUT2D eigenvalue weighted by Gasteiger charge is 2.08. The molecule has 0 aromatic heterocycles. The number of halogens is 1. The molecule has 4 nitrogen and oxygen atoms in total. The molecule has 0 spiro atoms. The number of carbonyl (C=O) groups excluding carboxylic acids is 2. The molecule has 0 aliphatic carbocycles. The van der Waals surface area contributed by atoms with Gasteiger partial charge in [0.25, 0.3) is 5.91 Å². The van der Waals surface area contributed by atoms with E-state index in [-0.39, 0.29) is 31.3 Å². The van der Waals surface area contributed by atoms with Crippen molar-refractivity contribution in [2.24, 2.45) is 0 Å². The Balaban J connectivity index is 1.59. The van der Waals surface area contributed by atoms with E-state index < -0.39 is 5.97 Å². The lowest BCUT2D eigenvalue weighted by molar-refractivity contribution is -0.148. The third-order valence-corrected chi connectivity index (χ3v) is 4.38. The summed E-state index contributed by atoms with van der Waals surface area (Å²) >= 11 is 1.57. The van der Waals surface area contributed by atoms with Crippen molar-refractivity contribution in [3.05, 3.63) is 65.5 Å². The number of benzene rings is 2. The fourth-order valence-corrected chi connectivity index (χ4v) is 2.79. The predicted molar refractivity (Wildman–Crippen MR) is 95.7 cm³/mol. The summed E-state index contributed by atoms with van der Waals surface area (Å²) < 4.78 is 17.7. The van der Waals surface area contributed by atoms with Crippen molar-refractivity contribution in [3.8, 4) is 0 Å². The second-order valence-corrected chi connectivity index (χ2v) is 6.64. The van der Waals surface area contributed by atoms with Crippen LogP contribution in [0.2, 0.25) is 0 Å². The largest absolute Gasteiger partial charge is 0.456 e. The topological polar surface area (TPSA) is 55.4 Å². The first-order valence-corrected chi connectivity index (χ1v) is 8.88. The number of esters is 1. The summed E-state index contributed by atoms with van der Waals surface area (Å²) in [5.41, 5.74) is 1.96. The van der Waals surface area contributed by atoms with Gasteiger partial charge in [0.15, 0.2) is 6.61 Å². The second kappa shape index (κ2) is 9.84. The lowest BCUT2D eigenvalue weighted by atomic mass is 10.2. The van der Waals surface area contributed by atoms with E-state index >= 15 is 0 Å². The molecule has 0 bridgehead atoms. The van der Waals surface area contributed by atoms with E-state index in [0.29, 0.717) is 5.75 Å². The Morgan fingerprint density at radius 3 is 2.44 bits per heavy atom. The van der Waals surface area contributed by atoms with Crippen molar-refractivity contribution in [2.45, 2.75) is 24.8 Å². The maximum atomic E-state index is 12.8. The maximum absolute atomic E-state index is 12.8. The van der Waals surface area contributed by atoms with Crippen LogP contribution in [0.4, 0.5) is 4.39 Å². The number of thioether (sulfide) groups is 1. The van der Waals surface area contributed by atoms with Gasteiger partial charge in [0, 0.05) is 17.2 Å². The molecule has 0 radical (unpaired) electrons. The van der Waals surface area contributed by atoms with Gasteiger partial charge in [-0.25, -0.2) is 4.39 Å². The molecule has 1 amide bonds. The summed E-state index contributed by atoms with van der Waals surface area (Å²) in [4.78, 5) is 24.4. The molecule has 0 atom stereocenters. The Morgan fingerprint density at radius 2 is 1.76 bits per heavy atom. The van der Waals surface area contributed by atoms with Crippen molar-refractivity contribution >= 4 is 23.6 Å². The van der Waals surface area contributed by atoms with Crippen LogP contribution in [-0.4, -0.2) is 24.2 Å². The van der Waals surface area contributed by atoms with Gasteiger partial charge in [-0.05, 0) is 36.8 Å². The Bertz CT molecular complexity index is 702. The van der Waals surface area contributed by atoms with Crippen LogP contribution in [0.15, 0.2) is 53.4 Å². The lowest BCUT2D eigenvalue weighted by Gasteiger charge is -2.07. The number of nitrogens with one attached hydrogen (secondary N) is 1. The normalized spacial score (nSPS) is 10.3. The number of carbonyl (C=O) groups is 2. The third kappa shape index (κ3) is 7.39. The number of aryl methyl sites for hydroxylation is 1. The molecule has 0 heterocycles. The first-order valence-electron chi connectivity index (χ1n) is 7.89. The highest BCUT2D eigenvalue weighted by atomic mass is 32.2. The molecule has 0 fully saturated rings. The van der Waals surface area contributed by atoms with Gasteiger partial charge in [-0.2, -0.15) is 0 Å². The van der Waals surface area contributed by atoms with Crippen molar-refractivity contribution in [1.82, 2.24) is 5.32 Å². The number of ether oxygens (including phenoxy) is 1. The zero-order chi connectivity index (χ0) is 18.1. The standard InChI is InChI=1S/C19H20FNO3S/c1-14-2-8-17(9-3-14)25-11-10-19(23)24-13-18(22)21-12-15-4-6-16(20)7-5-15/h2-9H,10-13H2,1H3,(H,21,22). The maximum Gasteiger partial charge on any atom is 0.307 e. The zero-order valence-electron chi connectivity index (χ0n) is 14.0. The summed E-state index contributed by atoms with van der Waals surface area (Å²) in [6.45, 7) is 1.97. The molecule has 0 saturated carbocycles. The number of rotatable bonds is 8. The highest BCUT2D eigenvalue weighted by molar-refractivity contribution is 7.99. The Morgan fingerprint density at radius 1 is 1.08 bits per heavy atom. The molecule has 0 unspecified atom stereocenters. The summed E-state index contributed by atoms with van der Waals surface area (Å²) in [6, 6.07) is 13.9. The molecule has 0 saturated heterocycles. The average molecular weight is 361 g/mol. The summed E-state index contributed by atoms with van der Waals surface area (Å²) in [6.07, 6.45) is 0.240. The Kier molecular flexibility index (Phi) is 7.47. The zero-order valence-corrected chi connectivity index (χ0v) is 14.8. The van der Waals surface area contributed by atoms with E-state index in [0.717, 1.165) is 10.5 Å². The summed E-state index contributed by atoms with van der Waals surface area (Å²) in [7, 11) is 0. The van der Waals surface area contributed by atoms with Gasteiger partial charge < -0.3 is 10.1 Å². The van der Waals surface area contributed by atoms with E-state index in [9.17, 15) is 14.0 Å². The minimum absolute atomic E-state index is 0.240. The van der Waals surface area contributed by atoms with Crippen LogP contribution in [0.1, 0.15) is 17.5 Å². The Labute approximate surface area is 150 Å². The van der Waals surface area contributed by atoms with Crippen LogP contribution < -0.4 is 5.32 Å². The van der Waals surface area contributed by atoms with Crippen molar-refractivity contribution in [3.63, 3.8) is 0 Å². The monoisotopic (exact) mass is 361 g/mol. The highest BCUT2D eigenvalue weighted by Crippen LogP contribution is 2.19. The van der Waals surface area contributed by atoms with Gasteiger partial charge in [0.05, 0.1) is 6.42 Å². The molecule has 2 aromatic rings. The first-order chi connectivity index (χ1) is 12.0. The van der Waals surface area contributed by atoms with Crippen LogP contribution in [0.3, 0.4) is 0 Å². The van der Waals surface area contributed by atoms with Crippen molar-refractivity contribution < 1.29 is 18.7 Å². The molecule has 25 heavy (non-hydrogen) atoms. The van der Waals surface area contributed by atoms with Crippen LogP contribution in [0.5, 0.6) is 0 Å². The minimum Gasteiger partial charge on any atom is -0.456 e. The van der Waals surface area contributed by atoms with E-state index in [1.807, 2.05) is 31.2 Å². The van der Waals surface area contributed by atoms with Crippen LogP contribution in [-0.2, 0) is 20.9 Å². The van der Waals surface area contributed by atoms with E-state index in [4.69, 9.17) is 4.74 Å². The summed E-state index contributed by atoms with van der Waals surface area (Å²) in [5, 5.41) is 2.62. The lowest BCUT2D eigenvalue weighted by Crippen LogP contribution is -2.28. The fourth-order valence-electron chi connectivity index (χ4n) is 1.96. The van der Waals surface area contributed by atoms with Gasteiger partial charge in [0.2, 0.25) is 0 Å². The number of hydrogen-bond acceptors (Lipinski definition) is 4. The molecule has 0 aliphatic heterocycles. The molecule has 1 N–H and O–H groups in total. The van der Waals surface area contributed by atoms with Crippen LogP contribution in [0.25, 0.3) is 0 Å². The smallest absolute Gasteiger partial charge is 0.307 e. The van der Waals surface area contributed by atoms with E-state index in [1.165, 1.54) is 17.7 Å².